The van der Waals surface area contributed by atoms with Gasteiger partial charge in [0, 0.05) is 55.3 Å². The SMILES string of the molecule is [2H]c1c([2H])c([2H])c(-c2c([2H])c([2H])c([2H])c3c2oc2c(-c4c([2H])c([2H])c(N(c5ccc(-c6ccccc6-n6c7ccccc7c7ccccc76)cc5)c5c([2H])c([2H])c(-c6c([2H])c([2H])c7c([2H])c([2H])c([2H])c([2H])c7c6[2H])c([2H])c5[2H])c([2H])c4[2H])c([2H])c([2H])c([2H])c23)c([2H])c1[2H]. The molecule has 0 radical (unpaired) electrons. The zero-order chi connectivity index (χ0) is 66.9. The Morgan fingerprint density at radius 3 is 1.54 bits per heavy atom. The van der Waals surface area contributed by atoms with Crippen molar-refractivity contribution in [1.82, 2.24) is 4.57 Å². The summed E-state index contributed by atoms with van der Waals surface area (Å²) < 4.78 is 245. The van der Waals surface area contributed by atoms with Crippen molar-refractivity contribution in [3.8, 4) is 50.2 Å². The molecule has 0 aliphatic rings. The van der Waals surface area contributed by atoms with E-state index < -0.39 is 235 Å². The average molecular weight is 881 g/mol. The third-order valence-electron chi connectivity index (χ3n) is 11.4. The maximum absolute atomic E-state index is 9.91. The number of benzene rings is 11. The van der Waals surface area contributed by atoms with Gasteiger partial charge >= 0.3 is 0 Å². The monoisotopic (exact) mass is 880 g/mol. The molecule has 0 aliphatic heterocycles. The first-order valence-electron chi connectivity index (χ1n) is 33.8. The highest BCUT2D eigenvalue weighted by molar-refractivity contribution is 6.13. The highest BCUT2D eigenvalue weighted by atomic mass is 16.3. The molecule has 3 heteroatoms. The lowest BCUT2D eigenvalue weighted by atomic mass is 9.99. The minimum Gasteiger partial charge on any atom is -0.455 e. The third-order valence-corrected chi connectivity index (χ3v) is 11.4. The molecular weight excluding hydrogens is 813 g/mol. The van der Waals surface area contributed by atoms with Crippen molar-refractivity contribution in [3.05, 3.63) is 254 Å². The summed E-state index contributed by atoms with van der Waals surface area (Å²) in [5.41, 5.74) is -3.12. The molecule has 0 saturated heterocycles. The van der Waals surface area contributed by atoms with Crippen LogP contribution in [0, 0.1) is 0 Å². The van der Waals surface area contributed by atoms with Crippen LogP contribution >= 0.6 is 0 Å². The van der Waals surface area contributed by atoms with E-state index >= 15 is 0 Å². The predicted molar refractivity (Wildman–Crippen MR) is 282 cm³/mol. The summed E-state index contributed by atoms with van der Waals surface area (Å²) >= 11 is 0. The summed E-state index contributed by atoms with van der Waals surface area (Å²) in [6.45, 7) is 0. The quantitative estimate of drug-likeness (QED) is 0.152. The number of anilines is 3. The van der Waals surface area contributed by atoms with Crippen LogP contribution in [0.5, 0.6) is 0 Å². The molecule has 13 aromatic rings. The molecule has 0 unspecified atom stereocenters. The van der Waals surface area contributed by atoms with Gasteiger partial charge in [-0.3, -0.25) is 0 Å². The molecule has 2 heterocycles. The number of furan rings is 1. The summed E-state index contributed by atoms with van der Waals surface area (Å²) in [4.78, 5) is 0.930. The molecule has 314 valence electrons. The second-order valence-corrected chi connectivity index (χ2v) is 15.2. The van der Waals surface area contributed by atoms with Crippen LogP contribution in [0.15, 0.2) is 259 Å². The molecule has 0 aliphatic carbocycles. The van der Waals surface area contributed by atoms with E-state index in [9.17, 15) is 13.7 Å². The number of hydrogen-bond acceptors (Lipinski definition) is 2. The van der Waals surface area contributed by atoms with Crippen LogP contribution in [0.1, 0.15) is 35.6 Å². The lowest BCUT2D eigenvalue weighted by Gasteiger charge is -2.26. The predicted octanol–water partition coefficient (Wildman–Crippen LogP) is 18.0. The van der Waals surface area contributed by atoms with Gasteiger partial charge in [-0.2, -0.15) is 0 Å². The first kappa shape index (κ1) is 20.5. The van der Waals surface area contributed by atoms with Crippen LogP contribution < -0.4 is 4.90 Å². The lowest BCUT2D eigenvalue weighted by Crippen LogP contribution is -2.09. The fraction of sp³-hybridized carbons (Fsp3) is 0. The van der Waals surface area contributed by atoms with Gasteiger partial charge in [-0.05, 0) is 99.1 Å². The van der Waals surface area contributed by atoms with Crippen LogP contribution in [0.3, 0.4) is 0 Å². The maximum Gasteiger partial charge on any atom is 0.143 e. The fourth-order valence-electron chi connectivity index (χ4n) is 8.42. The Labute approximate surface area is 425 Å². The first-order chi connectivity index (χ1) is 44.1. The van der Waals surface area contributed by atoms with Crippen LogP contribution in [-0.4, -0.2) is 4.57 Å². The Hall–Kier alpha value is -8.92. The molecule has 0 N–H and O–H groups in total. The first-order valence-corrected chi connectivity index (χ1v) is 20.8. The Balaban J connectivity index is 1.08. The van der Waals surface area contributed by atoms with Crippen LogP contribution in [0.2, 0.25) is 0 Å². The van der Waals surface area contributed by atoms with E-state index in [0.717, 1.165) is 32.4 Å². The summed E-state index contributed by atoms with van der Waals surface area (Å²) in [6.07, 6.45) is 0. The van der Waals surface area contributed by atoms with Crippen molar-refractivity contribution < 1.29 is 40.1 Å². The van der Waals surface area contributed by atoms with Gasteiger partial charge in [0.05, 0.1) is 52.4 Å². The summed E-state index contributed by atoms with van der Waals surface area (Å²) in [7, 11) is 0. The molecule has 67 heavy (non-hydrogen) atoms. The second kappa shape index (κ2) is 16.0. The van der Waals surface area contributed by atoms with Crippen LogP contribution in [0.25, 0.3) is 105 Å². The third kappa shape index (κ3) is 6.59. The number of nitrogens with zero attached hydrogens (tertiary/aromatic N) is 2. The molecule has 0 amide bonds. The van der Waals surface area contributed by atoms with Gasteiger partial charge in [-0.15, -0.1) is 0 Å². The highest BCUT2D eigenvalue weighted by Gasteiger charge is 2.19. The summed E-state index contributed by atoms with van der Waals surface area (Å²) in [5, 5.41) is -0.0512. The number of hydrogen-bond donors (Lipinski definition) is 0. The van der Waals surface area contributed by atoms with Gasteiger partial charge in [0.1, 0.15) is 11.2 Å². The van der Waals surface area contributed by atoms with E-state index in [0.29, 0.717) is 11.1 Å². The van der Waals surface area contributed by atoms with Crippen molar-refractivity contribution >= 4 is 71.6 Å². The van der Waals surface area contributed by atoms with Gasteiger partial charge in [0.15, 0.2) is 0 Å². The van der Waals surface area contributed by atoms with E-state index in [1.54, 1.807) is 12.1 Å². The van der Waals surface area contributed by atoms with E-state index in [4.69, 9.17) is 26.3 Å². The Morgan fingerprint density at radius 2 is 0.881 bits per heavy atom. The van der Waals surface area contributed by atoms with Crippen LogP contribution in [0.4, 0.5) is 17.1 Å². The molecule has 0 atom stereocenters. The zero-order valence-electron chi connectivity index (χ0n) is 60.5. The van der Waals surface area contributed by atoms with Gasteiger partial charge in [-0.1, -0.05) is 194 Å². The molecular formula is C64H42N2O. The molecule has 3 nitrogen and oxygen atoms in total. The molecule has 13 rings (SSSR count). The van der Waals surface area contributed by atoms with E-state index in [-0.39, 0.29) is 5.69 Å². The van der Waals surface area contributed by atoms with E-state index in [1.807, 2.05) is 72.8 Å². The van der Waals surface area contributed by atoms with E-state index in [1.165, 1.54) is 12.1 Å². The zero-order valence-corrected chi connectivity index (χ0v) is 34.5. The number of para-hydroxylation sites is 5. The van der Waals surface area contributed by atoms with Crippen LogP contribution in [-0.2, 0) is 0 Å². The summed E-state index contributed by atoms with van der Waals surface area (Å²) in [5.74, 6) is 0. The van der Waals surface area contributed by atoms with Crippen molar-refractivity contribution in [1.29, 1.82) is 0 Å². The van der Waals surface area contributed by atoms with Crippen molar-refractivity contribution in [3.63, 3.8) is 0 Å². The van der Waals surface area contributed by atoms with Crippen molar-refractivity contribution in [2.75, 3.05) is 4.90 Å². The van der Waals surface area contributed by atoms with Crippen molar-refractivity contribution in [2.24, 2.45) is 0 Å². The molecule has 0 fully saturated rings. The lowest BCUT2D eigenvalue weighted by molar-refractivity contribution is 0.671. The molecule has 0 spiro atoms. The fourth-order valence-corrected chi connectivity index (χ4v) is 8.42. The highest BCUT2D eigenvalue weighted by Crippen LogP contribution is 2.43. The molecule has 2 aromatic heterocycles. The number of fused-ring (bicyclic) bond motifs is 7. The Kier molecular flexibility index (Phi) is 4.88. The molecule has 0 saturated carbocycles. The van der Waals surface area contributed by atoms with Gasteiger partial charge in [0.25, 0.3) is 0 Å². The topological polar surface area (TPSA) is 21.3 Å². The standard InChI is InChI=1S/C64H42N2O/c1-2-15-45(16-3-1)54-21-12-23-58-59-24-13-22-55(64(59)67-63(54)58)47-34-40-52(41-35-47)65(50-36-30-44(31-37-50)49-29-28-43-14-4-5-17-48(43)42-49)51-38-32-46(33-39-51)53-18-6-9-25-60(53)66-61-26-10-7-19-56(61)57-20-8-11-27-62(57)66/h1-42H/i1D,2D,3D,4D,5D,12D,13D,14D,15D,16D,17D,21D,22D,23D,24D,28D,29D,30D,31D,34D,35D,36D,37D,40D,41D,42D. The van der Waals surface area contributed by atoms with Gasteiger partial charge in [0.2, 0.25) is 0 Å². The molecule has 11 aromatic carbocycles. The molecule has 0 bridgehead atoms. The average Bonchev–Trinajstić information content (AvgIpc) is 1.68. The Bertz CT molecular complexity index is 5410. The number of rotatable bonds is 8. The maximum atomic E-state index is 9.91. The Morgan fingerprint density at radius 1 is 0.343 bits per heavy atom. The van der Waals surface area contributed by atoms with Gasteiger partial charge < -0.3 is 13.9 Å². The number of aromatic nitrogens is 1. The minimum atomic E-state index is -0.993. The normalized spacial score (nSPS) is 17.0. The smallest absolute Gasteiger partial charge is 0.143 e. The van der Waals surface area contributed by atoms with Gasteiger partial charge in [-0.25, -0.2) is 0 Å². The minimum absolute atomic E-state index is 0.0962. The van der Waals surface area contributed by atoms with E-state index in [2.05, 4.69) is 4.57 Å². The van der Waals surface area contributed by atoms with Crippen molar-refractivity contribution in [2.45, 2.75) is 0 Å². The largest absolute Gasteiger partial charge is 0.455 e. The summed E-state index contributed by atoms with van der Waals surface area (Å²) in [6, 6.07) is 6.85. The second-order valence-electron chi connectivity index (χ2n) is 15.2.